The quantitative estimate of drug-likeness (QED) is 0.691. The zero-order valence-corrected chi connectivity index (χ0v) is 16.5. The van der Waals surface area contributed by atoms with Crippen LogP contribution in [0.2, 0.25) is 0 Å². The molecule has 0 aliphatic heterocycles. The summed E-state index contributed by atoms with van der Waals surface area (Å²) in [4.78, 5) is 13.4. The maximum atomic E-state index is 14.7. The Morgan fingerprint density at radius 1 is 1.28 bits per heavy atom. The van der Waals surface area contributed by atoms with E-state index in [1.165, 1.54) is 25.1 Å². The number of allylic oxidation sites excluding steroid dienone is 1. The Hall–Kier alpha value is -2.80. The van der Waals surface area contributed by atoms with Crippen LogP contribution in [0.1, 0.15) is 55.1 Å². The van der Waals surface area contributed by atoms with E-state index >= 15 is 0 Å². The normalized spacial score (nSPS) is 17.6. The summed E-state index contributed by atoms with van der Waals surface area (Å²) in [5.41, 5.74) is 4.74. The summed E-state index contributed by atoms with van der Waals surface area (Å²) < 4.78 is 16.3. The summed E-state index contributed by atoms with van der Waals surface area (Å²) in [6, 6.07) is 1.50. The SMILES string of the molecule is CC1(CNc2ncc3c(n2)CCCC=C3c2cc(F)c3ncc(CO)n3c2)CC1. The summed E-state index contributed by atoms with van der Waals surface area (Å²) >= 11 is 0. The molecule has 0 amide bonds. The third kappa shape index (κ3) is 3.40. The Bertz CT molecular complexity index is 1120. The zero-order chi connectivity index (χ0) is 20.0. The number of imidazole rings is 1. The molecule has 0 aromatic carbocycles. The topological polar surface area (TPSA) is 75.3 Å². The van der Waals surface area contributed by atoms with Crippen molar-refractivity contribution in [2.45, 2.75) is 45.6 Å². The molecule has 3 aromatic rings. The molecule has 0 unspecified atom stereocenters. The number of aliphatic hydroxyl groups excluding tert-OH is 1. The molecule has 6 nitrogen and oxygen atoms in total. The van der Waals surface area contributed by atoms with E-state index in [9.17, 15) is 9.50 Å². The second kappa shape index (κ2) is 6.91. The fourth-order valence-corrected chi connectivity index (χ4v) is 3.86. The molecular weight excluding hydrogens is 369 g/mol. The molecule has 150 valence electrons. The van der Waals surface area contributed by atoms with Crippen LogP contribution in [0.5, 0.6) is 0 Å². The largest absolute Gasteiger partial charge is 0.390 e. The number of nitrogens with one attached hydrogen (secondary N) is 1. The molecule has 29 heavy (non-hydrogen) atoms. The van der Waals surface area contributed by atoms with Gasteiger partial charge in [0.15, 0.2) is 11.5 Å². The van der Waals surface area contributed by atoms with Gasteiger partial charge in [-0.15, -0.1) is 0 Å². The molecule has 0 atom stereocenters. The number of aromatic nitrogens is 4. The van der Waals surface area contributed by atoms with Gasteiger partial charge in [0, 0.05) is 30.1 Å². The second-order valence-electron chi connectivity index (χ2n) is 8.41. The predicted molar refractivity (Wildman–Crippen MR) is 109 cm³/mol. The fourth-order valence-electron chi connectivity index (χ4n) is 3.86. The first-order chi connectivity index (χ1) is 14.1. The maximum absolute atomic E-state index is 14.7. The molecule has 2 aliphatic rings. The molecule has 2 aliphatic carbocycles. The minimum Gasteiger partial charge on any atom is -0.390 e. The van der Waals surface area contributed by atoms with Crippen molar-refractivity contribution in [3.8, 4) is 0 Å². The average Bonchev–Trinajstić information content (AvgIpc) is 3.37. The van der Waals surface area contributed by atoms with E-state index in [4.69, 9.17) is 4.98 Å². The number of pyridine rings is 1. The summed E-state index contributed by atoms with van der Waals surface area (Å²) in [6.45, 7) is 2.96. The second-order valence-corrected chi connectivity index (χ2v) is 8.41. The highest BCUT2D eigenvalue weighted by Crippen LogP contribution is 2.44. The number of hydrogen-bond donors (Lipinski definition) is 2. The summed E-state index contributed by atoms with van der Waals surface area (Å²) in [6.07, 6.45) is 12.5. The van der Waals surface area contributed by atoms with Crippen LogP contribution in [0.25, 0.3) is 11.2 Å². The van der Waals surface area contributed by atoms with Crippen molar-refractivity contribution in [1.29, 1.82) is 0 Å². The van der Waals surface area contributed by atoms with Gasteiger partial charge < -0.3 is 10.4 Å². The van der Waals surface area contributed by atoms with Gasteiger partial charge in [-0.1, -0.05) is 13.0 Å². The summed E-state index contributed by atoms with van der Waals surface area (Å²) in [5.74, 6) is 0.253. The average molecular weight is 393 g/mol. The van der Waals surface area contributed by atoms with Crippen LogP contribution in [0, 0.1) is 11.2 Å². The Balaban J connectivity index is 1.53. The van der Waals surface area contributed by atoms with E-state index in [0.717, 1.165) is 48.2 Å². The number of aryl methyl sites for hydroxylation is 1. The van der Waals surface area contributed by atoms with Crippen LogP contribution in [0.3, 0.4) is 0 Å². The molecule has 0 radical (unpaired) electrons. The van der Waals surface area contributed by atoms with E-state index < -0.39 is 5.82 Å². The molecule has 0 spiro atoms. The van der Waals surface area contributed by atoms with Gasteiger partial charge in [-0.25, -0.2) is 19.3 Å². The van der Waals surface area contributed by atoms with Crippen LogP contribution in [-0.4, -0.2) is 31.0 Å². The Kier molecular flexibility index (Phi) is 4.35. The lowest BCUT2D eigenvalue weighted by atomic mass is 9.99. The van der Waals surface area contributed by atoms with E-state index in [1.54, 1.807) is 4.40 Å². The number of aliphatic hydroxyl groups is 1. The molecule has 1 saturated carbocycles. The highest BCUT2D eigenvalue weighted by Gasteiger charge is 2.37. The number of hydrogen-bond acceptors (Lipinski definition) is 5. The van der Waals surface area contributed by atoms with Crippen LogP contribution in [0.15, 0.2) is 30.7 Å². The fraction of sp³-hybridized carbons (Fsp3) is 0.409. The highest BCUT2D eigenvalue weighted by molar-refractivity contribution is 5.81. The number of rotatable bonds is 5. The Morgan fingerprint density at radius 2 is 2.14 bits per heavy atom. The molecular formula is C22H24FN5O. The maximum Gasteiger partial charge on any atom is 0.222 e. The van der Waals surface area contributed by atoms with E-state index in [-0.39, 0.29) is 12.3 Å². The zero-order valence-electron chi connectivity index (χ0n) is 16.5. The third-order valence-corrected chi connectivity index (χ3v) is 6.01. The van der Waals surface area contributed by atoms with Crippen molar-refractivity contribution in [3.05, 3.63) is 59.1 Å². The molecule has 7 heteroatoms. The van der Waals surface area contributed by atoms with Crippen molar-refractivity contribution < 1.29 is 9.50 Å². The smallest absolute Gasteiger partial charge is 0.222 e. The standard InChI is InChI=1S/C22H24FN5O/c1-22(6-7-22)13-26-21-25-10-17-16(4-2-3-5-19(17)27-21)14-8-18(23)20-24-9-15(12-29)28(20)11-14/h4,8-11,29H,2-3,5-7,12-13H2,1H3,(H,25,26,27). The molecule has 2 N–H and O–H groups in total. The van der Waals surface area contributed by atoms with Crippen LogP contribution < -0.4 is 5.32 Å². The molecule has 1 fully saturated rings. The molecule has 0 saturated heterocycles. The third-order valence-electron chi connectivity index (χ3n) is 6.01. The van der Waals surface area contributed by atoms with Gasteiger partial charge in [0.1, 0.15) is 0 Å². The van der Waals surface area contributed by atoms with Gasteiger partial charge in [-0.3, -0.25) is 4.40 Å². The van der Waals surface area contributed by atoms with Gasteiger partial charge >= 0.3 is 0 Å². The van der Waals surface area contributed by atoms with Crippen LogP contribution in [-0.2, 0) is 13.0 Å². The lowest BCUT2D eigenvalue weighted by Crippen LogP contribution is -2.15. The number of anilines is 1. The van der Waals surface area contributed by atoms with Crippen LogP contribution in [0.4, 0.5) is 10.3 Å². The van der Waals surface area contributed by atoms with Gasteiger partial charge in [-0.2, -0.15) is 0 Å². The van der Waals surface area contributed by atoms with Crippen molar-refractivity contribution in [3.63, 3.8) is 0 Å². The Morgan fingerprint density at radius 3 is 2.93 bits per heavy atom. The van der Waals surface area contributed by atoms with Crippen molar-refractivity contribution in [2.75, 3.05) is 11.9 Å². The first-order valence-corrected chi connectivity index (χ1v) is 10.1. The first-order valence-electron chi connectivity index (χ1n) is 10.1. The summed E-state index contributed by atoms with van der Waals surface area (Å²) in [5, 5.41) is 12.9. The lowest BCUT2D eigenvalue weighted by molar-refractivity contribution is 0.275. The van der Waals surface area contributed by atoms with Crippen molar-refractivity contribution in [1.82, 2.24) is 19.4 Å². The van der Waals surface area contributed by atoms with E-state index in [2.05, 4.69) is 28.3 Å². The predicted octanol–water partition coefficient (Wildman–Crippen LogP) is 3.74. The van der Waals surface area contributed by atoms with Gasteiger partial charge in [0.05, 0.1) is 24.2 Å². The Labute approximate surface area is 168 Å². The first kappa shape index (κ1) is 18.2. The van der Waals surface area contributed by atoms with Crippen molar-refractivity contribution in [2.24, 2.45) is 5.41 Å². The van der Waals surface area contributed by atoms with E-state index in [1.807, 2.05) is 12.4 Å². The molecule has 5 rings (SSSR count). The molecule has 3 aromatic heterocycles. The lowest BCUT2D eigenvalue weighted by Gasteiger charge is -2.14. The van der Waals surface area contributed by atoms with E-state index in [0.29, 0.717) is 17.1 Å². The number of nitrogens with zero attached hydrogens (tertiary/aromatic N) is 4. The van der Waals surface area contributed by atoms with Gasteiger partial charge in [0.25, 0.3) is 0 Å². The van der Waals surface area contributed by atoms with Gasteiger partial charge in [0.2, 0.25) is 5.95 Å². The molecule has 0 bridgehead atoms. The minimum absolute atomic E-state index is 0.198. The molecule has 3 heterocycles. The minimum atomic E-state index is -0.411. The number of fused-ring (bicyclic) bond motifs is 2. The van der Waals surface area contributed by atoms with Gasteiger partial charge in [-0.05, 0) is 49.2 Å². The number of halogens is 1. The highest BCUT2D eigenvalue weighted by atomic mass is 19.1. The van der Waals surface area contributed by atoms with Crippen LogP contribution >= 0.6 is 0 Å². The monoisotopic (exact) mass is 393 g/mol. The van der Waals surface area contributed by atoms with Crippen molar-refractivity contribution >= 4 is 17.2 Å². The summed E-state index contributed by atoms with van der Waals surface area (Å²) in [7, 11) is 0.